The topological polar surface area (TPSA) is 64.3 Å². The first kappa shape index (κ1) is 17.8. The molecule has 3 N–H and O–H groups in total. The molecule has 0 bridgehead atoms. The van der Waals surface area contributed by atoms with Crippen molar-refractivity contribution in [2.75, 3.05) is 0 Å². The molecule has 1 aliphatic carbocycles. The zero-order valence-electron chi connectivity index (χ0n) is 14.7. The number of rotatable bonds is 6. The monoisotopic (exact) mass is 318 g/mol. The number of carbonyl (C=O) groups is 1. The number of amides is 1. The maximum absolute atomic E-state index is 12.5. The predicted octanol–water partition coefficient (Wildman–Crippen LogP) is 3.45. The van der Waals surface area contributed by atoms with E-state index in [1.807, 2.05) is 25.1 Å². The van der Waals surface area contributed by atoms with E-state index >= 15 is 0 Å². The number of nitrogens with two attached hydrogens (primary N) is 1. The van der Waals surface area contributed by atoms with E-state index in [1.54, 1.807) is 0 Å². The Bertz CT molecular complexity index is 536. The van der Waals surface area contributed by atoms with E-state index in [4.69, 9.17) is 10.5 Å². The van der Waals surface area contributed by atoms with Gasteiger partial charge in [0.05, 0.1) is 11.6 Å². The van der Waals surface area contributed by atoms with Gasteiger partial charge in [0.15, 0.2) is 0 Å². The minimum absolute atomic E-state index is 0.0349. The van der Waals surface area contributed by atoms with Gasteiger partial charge in [-0.05, 0) is 44.7 Å². The van der Waals surface area contributed by atoms with Gasteiger partial charge in [-0.1, -0.05) is 38.3 Å². The number of ether oxygens (including phenoxy) is 1. The van der Waals surface area contributed by atoms with Crippen molar-refractivity contribution in [3.63, 3.8) is 0 Å². The Hall–Kier alpha value is -1.55. The van der Waals surface area contributed by atoms with Crippen LogP contribution >= 0.6 is 0 Å². The first-order valence-electron chi connectivity index (χ1n) is 8.78. The molecule has 4 nitrogen and oxygen atoms in total. The van der Waals surface area contributed by atoms with E-state index < -0.39 is 5.54 Å². The van der Waals surface area contributed by atoms with Crippen LogP contribution in [0, 0.1) is 6.92 Å². The summed E-state index contributed by atoms with van der Waals surface area (Å²) < 4.78 is 6.00. The lowest BCUT2D eigenvalue weighted by Crippen LogP contribution is -2.54. The van der Waals surface area contributed by atoms with Gasteiger partial charge < -0.3 is 15.8 Å². The summed E-state index contributed by atoms with van der Waals surface area (Å²) in [4.78, 5) is 12.5. The molecule has 0 radical (unpaired) electrons. The van der Waals surface area contributed by atoms with Crippen molar-refractivity contribution in [3.05, 3.63) is 29.3 Å². The maximum Gasteiger partial charge on any atom is 0.240 e. The average Bonchev–Trinajstić information content (AvgIpc) is 2.54. The fraction of sp³-hybridized carbons (Fsp3) is 0.632. The van der Waals surface area contributed by atoms with Crippen LogP contribution in [0.4, 0.5) is 0 Å². The van der Waals surface area contributed by atoms with Crippen LogP contribution in [-0.4, -0.2) is 17.6 Å². The van der Waals surface area contributed by atoms with Crippen molar-refractivity contribution in [2.45, 2.75) is 77.5 Å². The van der Waals surface area contributed by atoms with Gasteiger partial charge in [-0.3, -0.25) is 4.79 Å². The van der Waals surface area contributed by atoms with Crippen LogP contribution in [0.5, 0.6) is 5.75 Å². The molecule has 1 aromatic carbocycles. The SMILES string of the molecule is CCC(C)Oc1cc(C)ccc1CNC(=O)C1(N)CCCCC1. The van der Waals surface area contributed by atoms with Gasteiger partial charge in [-0.15, -0.1) is 0 Å². The van der Waals surface area contributed by atoms with Crippen LogP contribution in [0.3, 0.4) is 0 Å². The Morgan fingerprint density at radius 1 is 1.35 bits per heavy atom. The third kappa shape index (κ3) is 4.71. The van der Waals surface area contributed by atoms with Crippen molar-refractivity contribution >= 4 is 5.91 Å². The third-order valence-electron chi connectivity index (χ3n) is 4.76. The van der Waals surface area contributed by atoms with Gasteiger partial charge in [0.1, 0.15) is 5.75 Å². The zero-order chi connectivity index (χ0) is 16.9. The van der Waals surface area contributed by atoms with Crippen LogP contribution in [0.25, 0.3) is 0 Å². The molecular formula is C19H30N2O2. The molecule has 23 heavy (non-hydrogen) atoms. The summed E-state index contributed by atoms with van der Waals surface area (Å²) in [5, 5.41) is 3.02. The van der Waals surface area contributed by atoms with Crippen LogP contribution < -0.4 is 15.8 Å². The molecule has 2 rings (SSSR count). The van der Waals surface area contributed by atoms with Crippen molar-refractivity contribution in [1.29, 1.82) is 0 Å². The molecule has 0 aromatic heterocycles. The molecule has 1 unspecified atom stereocenters. The molecule has 128 valence electrons. The second-order valence-electron chi connectivity index (χ2n) is 6.85. The lowest BCUT2D eigenvalue weighted by molar-refractivity contribution is -0.127. The largest absolute Gasteiger partial charge is 0.490 e. The molecule has 1 aliphatic rings. The number of hydrogen-bond donors (Lipinski definition) is 2. The second-order valence-corrected chi connectivity index (χ2v) is 6.85. The Balaban J connectivity index is 2.03. The van der Waals surface area contributed by atoms with Gasteiger partial charge in [-0.25, -0.2) is 0 Å². The van der Waals surface area contributed by atoms with E-state index in [2.05, 4.69) is 19.2 Å². The van der Waals surface area contributed by atoms with Crippen LogP contribution in [0.2, 0.25) is 0 Å². The smallest absolute Gasteiger partial charge is 0.240 e. The normalized spacial score (nSPS) is 18.3. The summed E-state index contributed by atoms with van der Waals surface area (Å²) in [5.41, 5.74) is 7.75. The van der Waals surface area contributed by atoms with Crippen molar-refractivity contribution in [2.24, 2.45) is 5.73 Å². The fourth-order valence-electron chi connectivity index (χ4n) is 2.98. The zero-order valence-corrected chi connectivity index (χ0v) is 14.7. The first-order valence-corrected chi connectivity index (χ1v) is 8.78. The van der Waals surface area contributed by atoms with Crippen molar-refractivity contribution in [1.82, 2.24) is 5.32 Å². The lowest BCUT2D eigenvalue weighted by Gasteiger charge is -2.32. The molecular weight excluding hydrogens is 288 g/mol. The molecule has 0 saturated heterocycles. The van der Waals surface area contributed by atoms with Gasteiger partial charge in [0.2, 0.25) is 5.91 Å². The van der Waals surface area contributed by atoms with Crippen molar-refractivity contribution < 1.29 is 9.53 Å². The Morgan fingerprint density at radius 2 is 2.04 bits per heavy atom. The van der Waals surface area contributed by atoms with E-state index in [0.717, 1.165) is 49.0 Å². The Morgan fingerprint density at radius 3 is 2.70 bits per heavy atom. The fourth-order valence-corrected chi connectivity index (χ4v) is 2.98. The highest BCUT2D eigenvalue weighted by atomic mass is 16.5. The van der Waals surface area contributed by atoms with Gasteiger partial charge in [0, 0.05) is 12.1 Å². The number of aryl methyl sites for hydroxylation is 1. The molecule has 0 spiro atoms. The van der Waals surface area contributed by atoms with Crippen molar-refractivity contribution in [3.8, 4) is 5.75 Å². The molecule has 4 heteroatoms. The molecule has 1 saturated carbocycles. The summed E-state index contributed by atoms with van der Waals surface area (Å²) >= 11 is 0. The van der Waals surface area contributed by atoms with E-state index in [1.165, 1.54) is 6.42 Å². The molecule has 1 atom stereocenters. The van der Waals surface area contributed by atoms with Crippen LogP contribution in [0.15, 0.2) is 18.2 Å². The third-order valence-corrected chi connectivity index (χ3v) is 4.76. The van der Waals surface area contributed by atoms with E-state index in [0.29, 0.717) is 6.54 Å². The minimum Gasteiger partial charge on any atom is -0.490 e. The average molecular weight is 318 g/mol. The maximum atomic E-state index is 12.5. The van der Waals surface area contributed by atoms with E-state index in [-0.39, 0.29) is 12.0 Å². The van der Waals surface area contributed by atoms with Crippen LogP contribution in [-0.2, 0) is 11.3 Å². The lowest BCUT2D eigenvalue weighted by atomic mass is 9.82. The number of carbonyl (C=O) groups excluding carboxylic acids is 1. The predicted molar refractivity (Wildman–Crippen MR) is 93.4 cm³/mol. The number of hydrogen-bond acceptors (Lipinski definition) is 3. The highest BCUT2D eigenvalue weighted by Crippen LogP contribution is 2.27. The summed E-state index contributed by atoms with van der Waals surface area (Å²) in [6, 6.07) is 6.10. The molecule has 1 aromatic rings. The summed E-state index contributed by atoms with van der Waals surface area (Å²) in [7, 11) is 0. The number of benzene rings is 1. The highest BCUT2D eigenvalue weighted by Gasteiger charge is 2.35. The number of nitrogens with one attached hydrogen (secondary N) is 1. The Labute approximate surface area is 139 Å². The molecule has 1 fully saturated rings. The van der Waals surface area contributed by atoms with Crippen LogP contribution in [0.1, 0.15) is 63.5 Å². The van der Waals surface area contributed by atoms with E-state index in [9.17, 15) is 4.79 Å². The Kier molecular flexibility index (Phi) is 6.05. The highest BCUT2D eigenvalue weighted by molar-refractivity contribution is 5.86. The quantitative estimate of drug-likeness (QED) is 0.844. The molecule has 0 aliphatic heterocycles. The molecule has 1 amide bonds. The van der Waals surface area contributed by atoms with Gasteiger partial charge in [0.25, 0.3) is 0 Å². The molecule has 0 heterocycles. The summed E-state index contributed by atoms with van der Waals surface area (Å²) in [6.45, 7) is 6.66. The minimum atomic E-state index is -0.694. The van der Waals surface area contributed by atoms with Gasteiger partial charge >= 0.3 is 0 Å². The second kappa shape index (κ2) is 7.82. The van der Waals surface area contributed by atoms with Gasteiger partial charge in [-0.2, -0.15) is 0 Å². The first-order chi connectivity index (χ1) is 10.9. The summed E-state index contributed by atoms with van der Waals surface area (Å²) in [5.74, 6) is 0.821. The standard InChI is InChI=1S/C19H30N2O2/c1-4-15(3)23-17-12-14(2)8-9-16(17)13-21-18(22)19(20)10-6-5-7-11-19/h8-9,12,15H,4-7,10-11,13,20H2,1-3H3,(H,21,22). The summed E-state index contributed by atoms with van der Waals surface area (Å²) in [6.07, 6.45) is 5.92.